The third-order valence-electron chi connectivity index (χ3n) is 2.52. The molecule has 82 valence electrons. The first kappa shape index (κ1) is 11.7. The zero-order valence-corrected chi connectivity index (χ0v) is 9.44. The summed E-state index contributed by atoms with van der Waals surface area (Å²) in [6.07, 6.45) is 2.67. The van der Waals surface area contributed by atoms with Gasteiger partial charge in [-0.2, -0.15) is 10.4 Å². The number of aromatic nitrogens is 2. The van der Waals surface area contributed by atoms with Gasteiger partial charge < -0.3 is 5.11 Å². The van der Waals surface area contributed by atoms with Crippen LogP contribution in [0.3, 0.4) is 0 Å². The number of aliphatic hydroxyl groups excluding tert-OH is 1. The van der Waals surface area contributed by atoms with E-state index in [-0.39, 0.29) is 5.92 Å². The average Bonchev–Trinajstić information content (AvgIpc) is 2.53. The number of nitriles is 1. The van der Waals surface area contributed by atoms with Crippen molar-refractivity contribution in [3.8, 4) is 6.07 Å². The molecule has 1 aromatic rings. The van der Waals surface area contributed by atoms with E-state index in [4.69, 9.17) is 5.26 Å². The van der Waals surface area contributed by atoms with Crippen LogP contribution in [0.15, 0.2) is 6.20 Å². The average molecular weight is 207 g/mol. The van der Waals surface area contributed by atoms with Gasteiger partial charge in [0, 0.05) is 18.8 Å². The predicted octanol–water partition coefficient (Wildman–Crippen LogP) is 1.70. The van der Waals surface area contributed by atoms with Gasteiger partial charge in [0.1, 0.15) is 0 Å². The molecule has 0 aromatic carbocycles. The SMILES string of the molecule is CCCC(C#N)C(O)c1cn(C)nc1C. The molecule has 0 bridgehead atoms. The first-order valence-corrected chi connectivity index (χ1v) is 5.18. The molecule has 1 N–H and O–H groups in total. The minimum Gasteiger partial charge on any atom is -0.387 e. The summed E-state index contributed by atoms with van der Waals surface area (Å²) >= 11 is 0. The van der Waals surface area contributed by atoms with Crippen LogP contribution >= 0.6 is 0 Å². The van der Waals surface area contributed by atoms with Crippen molar-refractivity contribution in [2.45, 2.75) is 32.8 Å². The lowest BCUT2D eigenvalue weighted by Crippen LogP contribution is -2.11. The van der Waals surface area contributed by atoms with E-state index in [0.29, 0.717) is 6.42 Å². The van der Waals surface area contributed by atoms with Gasteiger partial charge in [-0.1, -0.05) is 13.3 Å². The summed E-state index contributed by atoms with van der Waals surface area (Å²) in [5.41, 5.74) is 1.55. The van der Waals surface area contributed by atoms with E-state index in [2.05, 4.69) is 11.2 Å². The number of nitrogens with zero attached hydrogens (tertiary/aromatic N) is 3. The molecule has 0 radical (unpaired) electrons. The molecule has 0 spiro atoms. The molecule has 0 amide bonds. The quantitative estimate of drug-likeness (QED) is 0.817. The molecule has 0 saturated heterocycles. The van der Waals surface area contributed by atoms with Crippen LogP contribution in [0.2, 0.25) is 0 Å². The lowest BCUT2D eigenvalue weighted by molar-refractivity contribution is 0.129. The smallest absolute Gasteiger partial charge is 0.0981 e. The molecule has 4 nitrogen and oxygen atoms in total. The van der Waals surface area contributed by atoms with Crippen molar-refractivity contribution < 1.29 is 5.11 Å². The van der Waals surface area contributed by atoms with E-state index >= 15 is 0 Å². The van der Waals surface area contributed by atoms with Gasteiger partial charge in [0.05, 0.1) is 23.8 Å². The van der Waals surface area contributed by atoms with Crippen LogP contribution in [-0.2, 0) is 7.05 Å². The number of rotatable bonds is 4. The van der Waals surface area contributed by atoms with Crippen molar-refractivity contribution in [3.05, 3.63) is 17.5 Å². The van der Waals surface area contributed by atoms with E-state index in [0.717, 1.165) is 17.7 Å². The standard InChI is InChI=1S/C11H17N3O/c1-4-5-9(6-12)11(15)10-7-14(3)13-8(10)2/h7,9,11,15H,4-5H2,1-3H3. The molecule has 1 aromatic heterocycles. The van der Waals surface area contributed by atoms with Crippen LogP contribution in [0.25, 0.3) is 0 Å². The second-order valence-corrected chi connectivity index (χ2v) is 3.81. The van der Waals surface area contributed by atoms with Gasteiger partial charge in [-0.25, -0.2) is 0 Å². The summed E-state index contributed by atoms with van der Waals surface area (Å²) in [5.74, 6) is -0.335. The van der Waals surface area contributed by atoms with Crippen molar-refractivity contribution in [1.29, 1.82) is 5.26 Å². The third kappa shape index (κ3) is 2.57. The van der Waals surface area contributed by atoms with Gasteiger partial charge >= 0.3 is 0 Å². The highest BCUT2D eigenvalue weighted by atomic mass is 16.3. The Balaban J connectivity index is 2.88. The summed E-state index contributed by atoms with van der Waals surface area (Å²) in [6, 6.07) is 2.15. The van der Waals surface area contributed by atoms with Gasteiger partial charge in [-0.15, -0.1) is 0 Å². The molecule has 1 rings (SSSR count). The van der Waals surface area contributed by atoms with Crippen molar-refractivity contribution in [2.75, 3.05) is 0 Å². The number of aryl methyl sites for hydroxylation is 2. The molecule has 0 aliphatic heterocycles. The fourth-order valence-corrected chi connectivity index (χ4v) is 1.73. The summed E-state index contributed by atoms with van der Waals surface area (Å²) in [5, 5.41) is 23.1. The van der Waals surface area contributed by atoms with Gasteiger partial charge in [-0.05, 0) is 13.3 Å². The van der Waals surface area contributed by atoms with E-state index in [9.17, 15) is 5.11 Å². The minimum absolute atomic E-state index is 0.335. The highest BCUT2D eigenvalue weighted by molar-refractivity contribution is 5.20. The second-order valence-electron chi connectivity index (χ2n) is 3.81. The summed E-state index contributed by atoms with van der Waals surface area (Å²) in [4.78, 5) is 0. The highest BCUT2D eigenvalue weighted by Gasteiger charge is 2.22. The van der Waals surface area contributed by atoms with Crippen molar-refractivity contribution in [3.63, 3.8) is 0 Å². The van der Waals surface area contributed by atoms with Crippen LogP contribution < -0.4 is 0 Å². The topological polar surface area (TPSA) is 61.8 Å². The van der Waals surface area contributed by atoms with E-state index in [1.165, 1.54) is 0 Å². The molecule has 15 heavy (non-hydrogen) atoms. The lowest BCUT2D eigenvalue weighted by atomic mass is 9.93. The van der Waals surface area contributed by atoms with Crippen LogP contribution in [0.1, 0.15) is 37.1 Å². The fourth-order valence-electron chi connectivity index (χ4n) is 1.73. The van der Waals surface area contributed by atoms with E-state index in [1.54, 1.807) is 10.9 Å². The first-order valence-electron chi connectivity index (χ1n) is 5.18. The van der Waals surface area contributed by atoms with E-state index in [1.807, 2.05) is 20.9 Å². The Labute approximate surface area is 90.1 Å². The Morgan fingerprint density at radius 2 is 2.33 bits per heavy atom. The monoisotopic (exact) mass is 207 g/mol. The normalized spacial score (nSPS) is 14.6. The van der Waals surface area contributed by atoms with Crippen molar-refractivity contribution in [1.82, 2.24) is 9.78 Å². The van der Waals surface area contributed by atoms with E-state index < -0.39 is 6.10 Å². The largest absolute Gasteiger partial charge is 0.387 e. The Morgan fingerprint density at radius 1 is 1.67 bits per heavy atom. The van der Waals surface area contributed by atoms with Crippen molar-refractivity contribution in [2.24, 2.45) is 13.0 Å². The predicted molar refractivity (Wildman–Crippen MR) is 56.9 cm³/mol. The maximum Gasteiger partial charge on any atom is 0.0981 e. The fraction of sp³-hybridized carbons (Fsp3) is 0.636. The Kier molecular flexibility index (Phi) is 3.87. The molecule has 0 fully saturated rings. The van der Waals surface area contributed by atoms with Crippen LogP contribution in [-0.4, -0.2) is 14.9 Å². The molecule has 0 saturated carbocycles. The molecule has 1 heterocycles. The number of hydrogen-bond donors (Lipinski definition) is 1. The number of hydrogen-bond acceptors (Lipinski definition) is 3. The van der Waals surface area contributed by atoms with Crippen LogP contribution in [0.4, 0.5) is 0 Å². The molecule has 2 atom stereocenters. The molecular weight excluding hydrogens is 190 g/mol. The van der Waals surface area contributed by atoms with Crippen molar-refractivity contribution >= 4 is 0 Å². The Bertz CT molecular complexity index is 364. The van der Waals surface area contributed by atoms with Gasteiger partial charge in [0.25, 0.3) is 0 Å². The molecule has 4 heteroatoms. The first-order chi connectivity index (χ1) is 7.10. The maximum atomic E-state index is 10.0. The molecule has 0 aliphatic carbocycles. The van der Waals surface area contributed by atoms with Crippen LogP contribution in [0, 0.1) is 24.2 Å². The molecule has 2 unspecified atom stereocenters. The zero-order chi connectivity index (χ0) is 11.4. The molecular formula is C11H17N3O. The summed E-state index contributed by atoms with van der Waals surface area (Å²) in [6.45, 7) is 3.85. The Morgan fingerprint density at radius 3 is 2.73 bits per heavy atom. The number of aliphatic hydroxyl groups is 1. The van der Waals surface area contributed by atoms with Gasteiger partial charge in [0.2, 0.25) is 0 Å². The zero-order valence-electron chi connectivity index (χ0n) is 9.44. The van der Waals surface area contributed by atoms with Crippen LogP contribution in [0.5, 0.6) is 0 Å². The summed E-state index contributed by atoms with van der Waals surface area (Å²) in [7, 11) is 1.81. The summed E-state index contributed by atoms with van der Waals surface area (Å²) < 4.78 is 1.66. The lowest BCUT2D eigenvalue weighted by Gasteiger charge is -2.14. The maximum absolute atomic E-state index is 10.0. The highest BCUT2D eigenvalue weighted by Crippen LogP contribution is 2.26. The molecule has 0 aliphatic rings. The second kappa shape index (κ2) is 4.94. The van der Waals surface area contributed by atoms with Gasteiger partial charge in [-0.3, -0.25) is 4.68 Å². The Hall–Kier alpha value is -1.34. The minimum atomic E-state index is -0.719. The van der Waals surface area contributed by atoms with Gasteiger partial charge in [0.15, 0.2) is 0 Å². The third-order valence-corrected chi connectivity index (χ3v) is 2.52.